The lowest BCUT2D eigenvalue weighted by molar-refractivity contribution is 0.609. The SMILES string of the molecule is Cc1sc(C)c(S(=O)(=O)Cl)c1Br. The highest BCUT2D eigenvalue weighted by Gasteiger charge is 2.21. The molecule has 0 fully saturated rings. The van der Waals surface area contributed by atoms with Crippen LogP contribution in [-0.4, -0.2) is 8.42 Å². The van der Waals surface area contributed by atoms with Gasteiger partial charge in [-0.2, -0.15) is 0 Å². The van der Waals surface area contributed by atoms with Crippen molar-refractivity contribution >= 4 is 47.0 Å². The van der Waals surface area contributed by atoms with Gasteiger partial charge in [-0.25, -0.2) is 8.42 Å². The lowest BCUT2D eigenvalue weighted by Gasteiger charge is -1.93. The van der Waals surface area contributed by atoms with Gasteiger partial charge in [0.15, 0.2) is 0 Å². The monoisotopic (exact) mass is 288 g/mol. The second kappa shape index (κ2) is 3.29. The Morgan fingerprint density at radius 1 is 1.33 bits per heavy atom. The zero-order valence-corrected chi connectivity index (χ0v) is 10.4. The highest BCUT2D eigenvalue weighted by Crippen LogP contribution is 2.36. The van der Waals surface area contributed by atoms with E-state index in [1.54, 1.807) is 6.92 Å². The first-order chi connectivity index (χ1) is 5.34. The van der Waals surface area contributed by atoms with Crippen LogP contribution in [0, 0.1) is 13.8 Å². The average molecular weight is 290 g/mol. The lowest BCUT2D eigenvalue weighted by atomic mass is 10.4. The van der Waals surface area contributed by atoms with Gasteiger partial charge in [-0.05, 0) is 29.8 Å². The van der Waals surface area contributed by atoms with E-state index in [2.05, 4.69) is 15.9 Å². The second-order valence-corrected chi connectivity index (χ2v) is 7.02. The molecule has 0 saturated carbocycles. The van der Waals surface area contributed by atoms with Crippen LogP contribution in [0.1, 0.15) is 9.75 Å². The molecule has 0 unspecified atom stereocenters. The zero-order valence-electron chi connectivity index (χ0n) is 6.39. The highest BCUT2D eigenvalue weighted by molar-refractivity contribution is 9.10. The van der Waals surface area contributed by atoms with Crippen LogP contribution in [0.25, 0.3) is 0 Å². The third kappa shape index (κ3) is 1.84. The molecule has 0 atom stereocenters. The van der Waals surface area contributed by atoms with Gasteiger partial charge in [0.05, 0.1) is 4.47 Å². The Balaban J connectivity index is 3.54. The van der Waals surface area contributed by atoms with Crippen molar-refractivity contribution < 1.29 is 8.42 Å². The van der Waals surface area contributed by atoms with E-state index in [1.165, 1.54) is 11.3 Å². The number of hydrogen-bond acceptors (Lipinski definition) is 3. The predicted octanol–water partition coefficient (Wildman–Crippen LogP) is 3.05. The number of hydrogen-bond donors (Lipinski definition) is 0. The van der Waals surface area contributed by atoms with Crippen molar-refractivity contribution in [1.29, 1.82) is 0 Å². The van der Waals surface area contributed by atoms with E-state index < -0.39 is 9.05 Å². The van der Waals surface area contributed by atoms with E-state index in [0.29, 0.717) is 4.47 Å². The molecule has 2 nitrogen and oxygen atoms in total. The van der Waals surface area contributed by atoms with E-state index >= 15 is 0 Å². The van der Waals surface area contributed by atoms with Crippen LogP contribution in [0.15, 0.2) is 9.37 Å². The quantitative estimate of drug-likeness (QED) is 0.745. The Morgan fingerprint density at radius 3 is 2.00 bits per heavy atom. The summed E-state index contributed by atoms with van der Waals surface area (Å²) < 4.78 is 22.6. The molecule has 0 aliphatic carbocycles. The van der Waals surface area contributed by atoms with E-state index in [-0.39, 0.29) is 4.90 Å². The Hall–Kier alpha value is 0.420. The van der Waals surface area contributed by atoms with E-state index in [4.69, 9.17) is 10.7 Å². The minimum Gasteiger partial charge on any atom is -0.207 e. The van der Waals surface area contributed by atoms with Gasteiger partial charge in [0.25, 0.3) is 9.05 Å². The number of aryl methyl sites for hydroxylation is 2. The molecule has 1 heterocycles. The first-order valence-electron chi connectivity index (χ1n) is 3.04. The summed E-state index contributed by atoms with van der Waals surface area (Å²) in [6.45, 7) is 3.57. The molecule has 0 bridgehead atoms. The summed E-state index contributed by atoms with van der Waals surface area (Å²) in [7, 11) is 1.62. The van der Waals surface area contributed by atoms with Crippen LogP contribution in [-0.2, 0) is 9.05 Å². The topological polar surface area (TPSA) is 34.1 Å². The molecule has 0 amide bonds. The number of thiophene rings is 1. The maximum Gasteiger partial charge on any atom is 0.263 e. The summed E-state index contributed by atoms with van der Waals surface area (Å²) in [4.78, 5) is 1.84. The molecule has 6 heteroatoms. The molecule has 0 radical (unpaired) electrons. The van der Waals surface area contributed by atoms with Crippen molar-refractivity contribution in [3.8, 4) is 0 Å². The van der Waals surface area contributed by atoms with Crippen LogP contribution in [0.2, 0.25) is 0 Å². The molecular weight excluding hydrogens is 284 g/mol. The Labute approximate surface area is 88.1 Å². The maximum absolute atomic E-state index is 11.0. The van der Waals surface area contributed by atoms with Crippen molar-refractivity contribution in [2.24, 2.45) is 0 Å². The Morgan fingerprint density at radius 2 is 1.83 bits per heavy atom. The van der Waals surface area contributed by atoms with Crippen LogP contribution in [0.5, 0.6) is 0 Å². The second-order valence-electron chi connectivity index (χ2n) is 2.30. The summed E-state index contributed by atoms with van der Waals surface area (Å²) in [5.41, 5.74) is 0. The minimum atomic E-state index is -3.61. The largest absolute Gasteiger partial charge is 0.263 e. The smallest absolute Gasteiger partial charge is 0.207 e. The van der Waals surface area contributed by atoms with Crippen LogP contribution >= 0.6 is 37.9 Å². The zero-order chi connectivity index (χ0) is 9.52. The molecule has 1 aromatic rings. The van der Waals surface area contributed by atoms with Crippen LogP contribution in [0.4, 0.5) is 0 Å². The summed E-state index contributed by atoms with van der Waals surface area (Å²) in [6.07, 6.45) is 0. The minimum absolute atomic E-state index is 0.201. The van der Waals surface area contributed by atoms with Gasteiger partial charge in [-0.3, -0.25) is 0 Å². The van der Waals surface area contributed by atoms with Crippen molar-refractivity contribution in [2.75, 3.05) is 0 Å². The van der Waals surface area contributed by atoms with Crippen molar-refractivity contribution in [1.82, 2.24) is 0 Å². The molecule has 0 aliphatic heterocycles. The summed E-state index contributed by atoms with van der Waals surface area (Å²) in [5, 5.41) is 0. The molecule has 68 valence electrons. The summed E-state index contributed by atoms with van der Waals surface area (Å²) in [5.74, 6) is 0. The molecule has 0 aliphatic rings. The molecule has 0 saturated heterocycles. The molecular formula is C6H6BrClO2S2. The van der Waals surface area contributed by atoms with Gasteiger partial charge in [-0.1, -0.05) is 0 Å². The number of halogens is 2. The molecule has 1 aromatic heterocycles. The van der Waals surface area contributed by atoms with Crippen molar-refractivity contribution in [2.45, 2.75) is 18.7 Å². The fourth-order valence-corrected chi connectivity index (χ4v) is 5.30. The van der Waals surface area contributed by atoms with Crippen molar-refractivity contribution in [3.63, 3.8) is 0 Å². The van der Waals surface area contributed by atoms with Crippen LogP contribution < -0.4 is 0 Å². The predicted molar refractivity (Wildman–Crippen MR) is 54.5 cm³/mol. The van der Waals surface area contributed by atoms with E-state index in [9.17, 15) is 8.42 Å². The first-order valence-corrected chi connectivity index (χ1v) is 6.96. The maximum atomic E-state index is 11.0. The first kappa shape index (κ1) is 10.5. The van der Waals surface area contributed by atoms with Gasteiger partial charge in [0.2, 0.25) is 0 Å². The fourth-order valence-electron chi connectivity index (χ4n) is 0.914. The Kier molecular flexibility index (Phi) is 2.88. The molecule has 1 rings (SSSR count). The molecule has 12 heavy (non-hydrogen) atoms. The van der Waals surface area contributed by atoms with E-state index in [1.807, 2.05) is 6.92 Å². The third-order valence-electron chi connectivity index (χ3n) is 1.38. The van der Waals surface area contributed by atoms with Crippen molar-refractivity contribution in [3.05, 3.63) is 14.2 Å². The van der Waals surface area contributed by atoms with Gasteiger partial charge in [0, 0.05) is 20.4 Å². The lowest BCUT2D eigenvalue weighted by Crippen LogP contribution is -1.90. The normalized spacial score (nSPS) is 12.0. The van der Waals surface area contributed by atoms with Gasteiger partial charge < -0.3 is 0 Å². The van der Waals surface area contributed by atoms with Gasteiger partial charge in [0.1, 0.15) is 4.90 Å². The van der Waals surface area contributed by atoms with Gasteiger partial charge in [-0.15, -0.1) is 11.3 Å². The molecule has 0 N–H and O–H groups in total. The molecule has 0 aromatic carbocycles. The van der Waals surface area contributed by atoms with Crippen LogP contribution in [0.3, 0.4) is 0 Å². The summed E-state index contributed by atoms with van der Waals surface area (Å²) in [6, 6.07) is 0. The highest BCUT2D eigenvalue weighted by atomic mass is 79.9. The molecule has 0 spiro atoms. The third-order valence-corrected chi connectivity index (χ3v) is 5.51. The Bertz CT molecular complexity index is 407. The standard InChI is InChI=1S/C6H6BrClO2S2/c1-3-5(7)6(4(2)11-3)12(8,9)10/h1-2H3. The van der Waals surface area contributed by atoms with Gasteiger partial charge >= 0.3 is 0 Å². The fraction of sp³-hybridized carbons (Fsp3) is 0.333. The number of rotatable bonds is 1. The summed E-state index contributed by atoms with van der Waals surface area (Å²) >= 11 is 4.60. The van der Waals surface area contributed by atoms with E-state index in [0.717, 1.165) is 9.75 Å². The average Bonchev–Trinajstić information content (AvgIpc) is 2.05.